The molecule has 2 rings (SSSR count). The molecule has 0 unspecified atom stereocenters. The van der Waals surface area contributed by atoms with Gasteiger partial charge in [0.15, 0.2) is 0 Å². The molecule has 118 valence electrons. The van der Waals surface area contributed by atoms with E-state index in [1.54, 1.807) is 11.2 Å². The first-order valence-corrected chi connectivity index (χ1v) is 9.01. The summed E-state index contributed by atoms with van der Waals surface area (Å²) in [7, 11) is -3.09. The molecule has 0 amide bonds. The van der Waals surface area contributed by atoms with Gasteiger partial charge in [0, 0.05) is 37.9 Å². The van der Waals surface area contributed by atoms with Crippen molar-refractivity contribution in [3.8, 4) is 0 Å². The smallest absolute Gasteiger partial charge is 0.214 e. The SMILES string of the molecule is CCS(=O)(=O)N1CCN(Cc2ccc(N)cc2C)C[C@@H]1C. The number of nitrogens with two attached hydrogens (primary N) is 1. The molecular weight excluding hydrogens is 286 g/mol. The topological polar surface area (TPSA) is 66.6 Å². The first-order valence-electron chi connectivity index (χ1n) is 7.40. The Bertz CT molecular complexity index is 601. The summed E-state index contributed by atoms with van der Waals surface area (Å²) in [6, 6.07) is 5.99. The molecule has 0 bridgehead atoms. The average Bonchev–Trinajstić information content (AvgIpc) is 2.42. The average molecular weight is 311 g/mol. The van der Waals surface area contributed by atoms with Gasteiger partial charge in [0.2, 0.25) is 10.0 Å². The van der Waals surface area contributed by atoms with Crippen LogP contribution in [-0.2, 0) is 16.6 Å². The zero-order chi connectivity index (χ0) is 15.6. The molecule has 21 heavy (non-hydrogen) atoms. The Morgan fingerprint density at radius 2 is 2.05 bits per heavy atom. The Hall–Kier alpha value is -1.11. The van der Waals surface area contributed by atoms with Crippen LogP contribution >= 0.6 is 0 Å². The zero-order valence-corrected chi connectivity index (χ0v) is 13.9. The second-order valence-corrected chi connectivity index (χ2v) is 7.99. The highest BCUT2D eigenvalue weighted by atomic mass is 32.2. The van der Waals surface area contributed by atoms with Gasteiger partial charge in [-0.3, -0.25) is 4.90 Å². The Morgan fingerprint density at radius 3 is 2.62 bits per heavy atom. The second-order valence-electron chi connectivity index (χ2n) is 5.78. The molecule has 1 aliphatic heterocycles. The van der Waals surface area contributed by atoms with Crippen molar-refractivity contribution in [1.82, 2.24) is 9.21 Å². The summed E-state index contributed by atoms with van der Waals surface area (Å²) in [6.07, 6.45) is 0. The summed E-state index contributed by atoms with van der Waals surface area (Å²) in [5, 5.41) is 0. The molecule has 0 spiro atoms. The molecular formula is C15H25N3O2S. The van der Waals surface area contributed by atoms with Crippen molar-refractivity contribution in [3.63, 3.8) is 0 Å². The maximum atomic E-state index is 12.0. The van der Waals surface area contributed by atoms with E-state index in [4.69, 9.17) is 5.73 Å². The molecule has 1 aliphatic rings. The molecule has 1 aromatic carbocycles. The van der Waals surface area contributed by atoms with Gasteiger partial charge >= 0.3 is 0 Å². The summed E-state index contributed by atoms with van der Waals surface area (Å²) in [4.78, 5) is 2.31. The van der Waals surface area contributed by atoms with Crippen LogP contribution in [0.3, 0.4) is 0 Å². The van der Waals surface area contributed by atoms with E-state index in [9.17, 15) is 8.42 Å². The van der Waals surface area contributed by atoms with Crippen LogP contribution in [0.4, 0.5) is 5.69 Å². The molecule has 1 atom stereocenters. The third kappa shape index (κ3) is 3.75. The van der Waals surface area contributed by atoms with Crippen molar-refractivity contribution in [2.75, 3.05) is 31.1 Å². The molecule has 0 radical (unpaired) electrons. The highest BCUT2D eigenvalue weighted by molar-refractivity contribution is 7.89. The van der Waals surface area contributed by atoms with Crippen molar-refractivity contribution < 1.29 is 8.42 Å². The third-order valence-electron chi connectivity index (χ3n) is 4.13. The summed E-state index contributed by atoms with van der Waals surface area (Å²) < 4.78 is 25.7. The molecule has 1 saturated heterocycles. The summed E-state index contributed by atoms with van der Waals surface area (Å²) in [5.41, 5.74) is 9.00. The lowest BCUT2D eigenvalue weighted by Crippen LogP contribution is -2.53. The van der Waals surface area contributed by atoms with Crippen LogP contribution in [0.5, 0.6) is 0 Å². The van der Waals surface area contributed by atoms with Crippen LogP contribution in [0.15, 0.2) is 18.2 Å². The predicted molar refractivity (Wildman–Crippen MR) is 86.5 cm³/mol. The number of benzene rings is 1. The fourth-order valence-corrected chi connectivity index (χ4v) is 4.18. The lowest BCUT2D eigenvalue weighted by Gasteiger charge is -2.39. The van der Waals surface area contributed by atoms with Crippen molar-refractivity contribution in [2.24, 2.45) is 0 Å². The van der Waals surface area contributed by atoms with E-state index < -0.39 is 10.0 Å². The Morgan fingerprint density at radius 1 is 1.33 bits per heavy atom. The maximum absolute atomic E-state index is 12.0. The molecule has 1 aromatic rings. The van der Waals surface area contributed by atoms with Crippen LogP contribution in [-0.4, -0.2) is 49.1 Å². The number of hydrogen-bond donors (Lipinski definition) is 1. The van der Waals surface area contributed by atoms with Gasteiger partial charge in [0.05, 0.1) is 5.75 Å². The van der Waals surface area contributed by atoms with Crippen LogP contribution in [0, 0.1) is 6.92 Å². The number of aryl methyl sites for hydroxylation is 1. The molecule has 1 fully saturated rings. The van der Waals surface area contributed by atoms with Crippen molar-refractivity contribution >= 4 is 15.7 Å². The van der Waals surface area contributed by atoms with Crippen molar-refractivity contribution in [1.29, 1.82) is 0 Å². The highest BCUT2D eigenvalue weighted by Crippen LogP contribution is 2.19. The molecule has 5 nitrogen and oxygen atoms in total. The van der Waals surface area contributed by atoms with Gasteiger partial charge in [-0.1, -0.05) is 6.07 Å². The monoisotopic (exact) mass is 311 g/mol. The van der Waals surface area contributed by atoms with Gasteiger partial charge in [-0.25, -0.2) is 8.42 Å². The van der Waals surface area contributed by atoms with Gasteiger partial charge < -0.3 is 5.73 Å². The van der Waals surface area contributed by atoms with E-state index in [0.29, 0.717) is 6.54 Å². The zero-order valence-electron chi connectivity index (χ0n) is 13.0. The Balaban J connectivity index is 2.03. The summed E-state index contributed by atoms with van der Waals surface area (Å²) in [6.45, 7) is 8.70. The Kier molecular flexibility index (Phi) is 4.91. The minimum absolute atomic E-state index is 0.0257. The summed E-state index contributed by atoms with van der Waals surface area (Å²) in [5.74, 6) is 0.175. The first-order chi connectivity index (χ1) is 9.83. The van der Waals surface area contributed by atoms with E-state index in [-0.39, 0.29) is 11.8 Å². The van der Waals surface area contributed by atoms with E-state index in [2.05, 4.69) is 17.9 Å². The van der Waals surface area contributed by atoms with Crippen LogP contribution in [0.1, 0.15) is 25.0 Å². The van der Waals surface area contributed by atoms with Crippen molar-refractivity contribution in [3.05, 3.63) is 29.3 Å². The lowest BCUT2D eigenvalue weighted by molar-refractivity contribution is 0.138. The largest absolute Gasteiger partial charge is 0.399 e. The molecule has 6 heteroatoms. The van der Waals surface area contributed by atoms with Gasteiger partial charge in [-0.2, -0.15) is 4.31 Å². The fraction of sp³-hybridized carbons (Fsp3) is 0.600. The fourth-order valence-electron chi connectivity index (χ4n) is 2.88. The predicted octanol–water partition coefficient (Wildman–Crippen LogP) is 1.43. The molecule has 0 aromatic heterocycles. The number of anilines is 1. The van der Waals surface area contributed by atoms with Gasteiger partial charge in [-0.15, -0.1) is 0 Å². The minimum atomic E-state index is -3.09. The van der Waals surface area contributed by atoms with E-state index in [1.807, 2.05) is 19.1 Å². The number of hydrogen-bond acceptors (Lipinski definition) is 4. The van der Waals surface area contributed by atoms with Crippen LogP contribution in [0.25, 0.3) is 0 Å². The van der Waals surface area contributed by atoms with E-state index >= 15 is 0 Å². The molecule has 2 N–H and O–H groups in total. The summed E-state index contributed by atoms with van der Waals surface area (Å²) >= 11 is 0. The number of nitrogen functional groups attached to an aromatic ring is 1. The molecule has 0 saturated carbocycles. The third-order valence-corrected chi connectivity index (χ3v) is 6.12. The van der Waals surface area contributed by atoms with Gasteiger partial charge in [0.25, 0.3) is 0 Å². The van der Waals surface area contributed by atoms with Crippen LogP contribution in [0.2, 0.25) is 0 Å². The van der Waals surface area contributed by atoms with Crippen LogP contribution < -0.4 is 5.73 Å². The molecule has 0 aliphatic carbocycles. The number of piperazine rings is 1. The quantitative estimate of drug-likeness (QED) is 0.854. The normalized spacial score (nSPS) is 21.6. The lowest BCUT2D eigenvalue weighted by atomic mass is 10.1. The molecule has 1 heterocycles. The standard InChI is InChI=1S/C15H25N3O2S/c1-4-21(19,20)18-8-7-17(10-13(18)3)11-14-5-6-15(16)9-12(14)2/h5-6,9,13H,4,7-8,10-11,16H2,1-3H3/t13-/m0/s1. The van der Waals surface area contributed by atoms with Gasteiger partial charge in [0.1, 0.15) is 0 Å². The maximum Gasteiger partial charge on any atom is 0.214 e. The first kappa shape index (κ1) is 16.3. The number of rotatable bonds is 4. The number of sulfonamides is 1. The minimum Gasteiger partial charge on any atom is -0.399 e. The van der Waals surface area contributed by atoms with Gasteiger partial charge in [-0.05, 0) is 44.0 Å². The second kappa shape index (κ2) is 6.34. The highest BCUT2D eigenvalue weighted by Gasteiger charge is 2.31. The van der Waals surface area contributed by atoms with E-state index in [0.717, 1.165) is 25.3 Å². The van der Waals surface area contributed by atoms with Crippen molar-refractivity contribution in [2.45, 2.75) is 33.4 Å². The number of nitrogens with zero attached hydrogens (tertiary/aromatic N) is 2. The van der Waals surface area contributed by atoms with E-state index in [1.165, 1.54) is 11.1 Å². The Labute approximate surface area is 127 Å².